The van der Waals surface area contributed by atoms with Crippen LogP contribution in [0.25, 0.3) is 0 Å². The molecule has 0 spiro atoms. The van der Waals surface area contributed by atoms with E-state index in [-0.39, 0.29) is 6.04 Å². The van der Waals surface area contributed by atoms with Gasteiger partial charge in [-0.15, -0.1) is 0 Å². The molecule has 4 nitrogen and oxygen atoms in total. The van der Waals surface area contributed by atoms with E-state index in [0.29, 0.717) is 18.0 Å². The van der Waals surface area contributed by atoms with Gasteiger partial charge in [0.15, 0.2) is 0 Å². The number of likely N-dealkylation sites (N-methyl/N-ethyl adjacent to an activating group) is 1. The molecule has 0 aliphatic carbocycles. The molecule has 128 valence electrons. The monoisotopic (exact) mass is 344 g/mol. The SMILES string of the molecule is Cc1ccc(S(=O)(=O)N2CCC[C@@H]2CN(C)c2ccccc2)cc1. The number of anilines is 1. The Labute approximate surface area is 144 Å². The van der Waals surface area contributed by atoms with E-state index in [4.69, 9.17) is 0 Å². The molecule has 5 heteroatoms. The van der Waals surface area contributed by atoms with Crippen molar-refractivity contribution in [3.8, 4) is 0 Å². The maximum absolute atomic E-state index is 13.0. The molecule has 0 bridgehead atoms. The summed E-state index contributed by atoms with van der Waals surface area (Å²) in [6, 6.07) is 17.2. The summed E-state index contributed by atoms with van der Waals surface area (Å²) in [5.41, 5.74) is 2.17. The second-order valence-corrected chi connectivity index (χ2v) is 8.33. The van der Waals surface area contributed by atoms with Crippen molar-refractivity contribution in [3.05, 3.63) is 60.2 Å². The molecule has 1 aliphatic heterocycles. The van der Waals surface area contributed by atoms with Gasteiger partial charge in [0.25, 0.3) is 0 Å². The summed E-state index contributed by atoms with van der Waals surface area (Å²) in [5.74, 6) is 0. The molecule has 0 amide bonds. The molecule has 0 saturated carbocycles. The molecule has 0 aromatic heterocycles. The maximum Gasteiger partial charge on any atom is 0.243 e. The number of aryl methyl sites for hydroxylation is 1. The Kier molecular flexibility index (Phi) is 4.92. The number of hydrogen-bond acceptors (Lipinski definition) is 3. The normalized spacial score (nSPS) is 18.7. The van der Waals surface area contributed by atoms with E-state index in [2.05, 4.69) is 4.90 Å². The highest BCUT2D eigenvalue weighted by molar-refractivity contribution is 7.89. The molecular formula is C19H24N2O2S. The van der Waals surface area contributed by atoms with Gasteiger partial charge in [-0.3, -0.25) is 0 Å². The van der Waals surface area contributed by atoms with Gasteiger partial charge in [-0.05, 0) is 44.0 Å². The van der Waals surface area contributed by atoms with Gasteiger partial charge in [0.05, 0.1) is 4.90 Å². The summed E-state index contributed by atoms with van der Waals surface area (Å²) in [7, 11) is -1.41. The lowest BCUT2D eigenvalue weighted by atomic mass is 10.2. The number of hydrogen-bond donors (Lipinski definition) is 0. The van der Waals surface area contributed by atoms with Crippen LogP contribution in [-0.2, 0) is 10.0 Å². The van der Waals surface area contributed by atoms with Gasteiger partial charge in [-0.1, -0.05) is 35.9 Å². The van der Waals surface area contributed by atoms with Crippen LogP contribution in [0.4, 0.5) is 5.69 Å². The molecular weight excluding hydrogens is 320 g/mol. The fraction of sp³-hybridized carbons (Fsp3) is 0.368. The van der Waals surface area contributed by atoms with Gasteiger partial charge in [0.1, 0.15) is 0 Å². The molecule has 24 heavy (non-hydrogen) atoms. The Morgan fingerprint density at radius 1 is 1.08 bits per heavy atom. The first kappa shape index (κ1) is 17.0. The lowest BCUT2D eigenvalue weighted by Crippen LogP contribution is -2.42. The van der Waals surface area contributed by atoms with Crippen molar-refractivity contribution < 1.29 is 8.42 Å². The van der Waals surface area contributed by atoms with Crippen molar-refractivity contribution in [1.29, 1.82) is 0 Å². The lowest BCUT2D eigenvalue weighted by molar-refractivity contribution is 0.389. The smallest absolute Gasteiger partial charge is 0.243 e. The zero-order valence-corrected chi connectivity index (χ0v) is 15.0. The zero-order valence-electron chi connectivity index (χ0n) is 14.2. The third-order valence-corrected chi connectivity index (χ3v) is 6.60. The molecule has 2 aromatic rings. The van der Waals surface area contributed by atoms with E-state index in [1.807, 2.05) is 56.4 Å². The highest BCUT2D eigenvalue weighted by Crippen LogP contribution is 2.27. The summed E-state index contributed by atoms with van der Waals surface area (Å²) in [6.07, 6.45) is 1.82. The van der Waals surface area contributed by atoms with Crippen molar-refractivity contribution in [3.63, 3.8) is 0 Å². The summed E-state index contributed by atoms with van der Waals surface area (Å²) in [4.78, 5) is 2.52. The van der Waals surface area contributed by atoms with Gasteiger partial charge in [0.2, 0.25) is 10.0 Å². The average Bonchev–Trinajstić information content (AvgIpc) is 3.05. The van der Waals surface area contributed by atoms with Crippen molar-refractivity contribution in [2.45, 2.75) is 30.7 Å². The second-order valence-electron chi connectivity index (χ2n) is 6.44. The largest absolute Gasteiger partial charge is 0.373 e. The van der Waals surface area contributed by atoms with E-state index in [0.717, 1.165) is 24.1 Å². The summed E-state index contributed by atoms with van der Waals surface area (Å²) in [5, 5.41) is 0. The second kappa shape index (κ2) is 6.95. The van der Waals surface area contributed by atoms with Gasteiger partial charge < -0.3 is 4.90 Å². The van der Waals surface area contributed by atoms with Crippen LogP contribution in [0.1, 0.15) is 18.4 Å². The first-order chi connectivity index (χ1) is 11.5. The molecule has 1 fully saturated rings. The molecule has 1 saturated heterocycles. The van der Waals surface area contributed by atoms with Crippen LogP contribution in [0, 0.1) is 6.92 Å². The fourth-order valence-corrected chi connectivity index (χ4v) is 4.94. The Morgan fingerprint density at radius 3 is 2.42 bits per heavy atom. The Hall–Kier alpha value is -1.85. The van der Waals surface area contributed by atoms with Crippen molar-refractivity contribution in [2.75, 3.05) is 25.0 Å². The lowest BCUT2D eigenvalue weighted by Gasteiger charge is -2.29. The highest BCUT2D eigenvalue weighted by Gasteiger charge is 2.35. The van der Waals surface area contributed by atoms with Gasteiger partial charge in [-0.2, -0.15) is 4.31 Å². The third kappa shape index (κ3) is 3.47. The Bertz CT molecular complexity index is 773. The quantitative estimate of drug-likeness (QED) is 0.836. The van der Waals surface area contributed by atoms with E-state index < -0.39 is 10.0 Å². The van der Waals surface area contributed by atoms with Crippen LogP contribution < -0.4 is 4.90 Å². The minimum absolute atomic E-state index is 0.0153. The third-order valence-electron chi connectivity index (χ3n) is 4.63. The highest BCUT2D eigenvalue weighted by atomic mass is 32.2. The standard InChI is InChI=1S/C19H24N2O2S/c1-16-10-12-19(13-11-16)24(22,23)21-14-6-9-18(21)15-20(2)17-7-4-3-5-8-17/h3-5,7-8,10-13,18H,6,9,14-15H2,1-2H3/t18-/m1/s1. The van der Waals surface area contributed by atoms with Crippen LogP contribution in [0.5, 0.6) is 0 Å². The van der Waals surface area contributed by atoms with E-state index in [1.54, 1.807) is 16.4 Å². The maximum atomic E-state index is 13.0. The van der Waals surface area contributed by atoms with Crippen LogP contribution in [0.15, 0.2) is 59.5 Å². The summed E-state index contributed by atoms with van der Waals surface area (Å²) < 4.78 is 27.6. The molecule has 0 unspecified atom stereocenters. The van der Waals surface area contributed by atoms with Crippen molar-refractivity contribution >= 4 is 15.7 Å². The Morgan fingerprint density at radius 2 is 1.75 bits per heavy atom. The van der Waals surface area contributed by atoms with Crippen LogP contribution in [-0.4, -0.2) is 38.9 Å². The molecule has 1 heterocycles. The summed E-state index contributed by atoms with van der Waals surface area (Å²) >= 11 is 0. The van der Waals surface area contributed by atoms with Crippen molar-refractivity contribution in [2.24, 2.45) is 0 Å². The minimum Gasteiger partial charge on any atom is -0.373 e. The number of sulfonamides is 1. The molecule has 0 radical (unpaired) electrons. The molecule has 2 aromatic carbocycles. The summed E-state index contributed by atoms with van der Waals surface area (Å²) in [6.45, 7) is 3.27. The van der Waals surface area contributed by atoms with E-state index in [1.165, 1.54) is 0 Å². The van der Waals surface area contributed by atoms with Gasteiger partial charge >= 0.3 is 0 Å². The first-order valence-electron chi connectivity index (χ1n) is 8.33. The number of benzene rings is 2. The van der Waals surface area contributed by atoms with E-state index in [9.17, 15) is 8.42 Å². The zero-order chi connectivity index (χ0) is 17.2. The predicted octanol–water partition coefficient (Wildman–Crippen LogP) is 3.28. The molecule has 1 aliphatic rings. The van der Waals surface area contributed by atoms with Crippen LogP contribution >= 0.6 is 0 Å². The molecule has 1 atom stereocenters. The number of rotatable bonds is 5. The van der Waals surface area contributed by atoms with E-state index >= 15 is 0 Å². The fourth-order valence-electron chi connectivity index (χ4n) is 3.26. The molecule has 3 rings (SSSR count). The van der Waals surface area contributed by atoms with Gasteiger partial charge in [0, 0.05) is 31.9 Å². The topological polar surface area (TPSA) is 40.6 Å². The number of para-hydroxylation sites is 1. The molecule has 0 N–H and O–H groups in total. The minimum atomic E-state index is -3.43. The average molecular weight is 344 g/mol. The van der Waals surface area contributed by atoms with Crippen LogP contribution in [0.3, 0.4) is 0 Å². The predicted molar refractivity (Wildman–Crippen MR) is 97.8 cm³/mol. The van der Waals surface area contributed by atoms with Crippen LogP contribution in [0.2, 0.25) is 0 Å². The van der Waals surface area contributed by atoms with Gasteiger partial charge in [-0.25, -0.2) is 8.42 Å². The van der Waals surface area contributed by atoms with Crippen molar-refractivity contribution in [1.82, 2.24) is 4.31 Å². The first-order valence-corrected chi connectivity index (χ1v) is 9.77. The Balaban J connectivity index is 1.79. The number of nitrogens with zero attached hydrogens (tertiary/aromatic N) is 2.